The number of Topliss-reactive ketones (excluding diaryl/α,β-unsaturated/α-hetero) is 1. The molecule has 1 unspecified atom stereocenters. The second-order valence-electron chi connectivity index (χ2n) is 7.46. The Morgan fingerprint density at radius 2 is 1.75 bits per heavy atom. The van der Waals surface area contributed by atoms with Crippen LogP contribution in [-0.4, -0.2) is 34.2 Å². The lowest BCUT2D eigenvalue weighted by atomic mass is 9.93. The Bertz CT molecular complexity index is 914. The number of nitrogens with zero attached hydrogens (tertiary/aromatic N) is 2. The molecule has 1 aromatic heterocycles. The van der Waals surface area contributed by atoms with E-state index >= 15 is 0 Å². The van der Waals surface area contributed by atoms with Gasteiger partial charge in [-0.1, -0.05) is 19.3 Å². The van der Waals surface area contributed by atoms with Gasteiger partial charge in [0.15, 0.2) is 11.8 Å². The first kappa shape index (κ1) is 20.0. The largest absolute Gasteiger partial charge is 0.341 e. The van der Waals surface area contributed by atoms with Gasteiger partial charge in [-0.2, -0.15) is 0 Å². The lowest BCUT2D eigenvalue weighted by Crippen LogP contribution is -2.46. The molecule has 0 bridgehead atoms. The van der Waals surface area contributed by atoms with Crippen molar-refractivity contribution in [2.75, 3.05) is 7.05 Å². The van der Waals surface area contributed by atoms with Gasteiger partial charge >= 0.3 is 0 Å². The van der Waals surface area contributed by atoms with Crippen molar-refractivity contribution in [1.82, 2.24) is 9.47 Å². The lowest BCUT2D eigenvalue weighted by Gasteiger charge is -2.33. The third-order valence-electron chi connectivity index (χ3n) is 5.46. The molecule has 6 heteroatoms. The lowest BCUT2D eigenvalue weighted by molar-refractivity contribution is -0.134. The second kappa shape index (κ2) is 8.50. The number of hydrogen-bond acceptors (Lipinski definition) is 3. The van der Waals surface area contributed by atoms with Crippen molar-refractivity contribution in [2.24, 2.45) is 0 Å². The van der Waals surface area contributed by atoms with Crippen molar-refractivity contribution in [3.05, 3.63) is 69.9 Å². The van der Waals surface area contributed by atoms with Crippen LogP contribution >= 0.6 is 0 Å². The topological polar surface area (TPSA) is 59.4 Å². The summed E-state index contributed by atoms with van der Waals surface area (Å²) in [6, 6.07) is 6.90. The summed E-state index contributed by atoms with van der Waals surface area (Å²) in [4.78, 5) is 40.7. The van der Waals surface area contributed by atoms with Crippen LogP contribution < -0.4 is 5.56 Å². The standard InChI is InChI=1S/C22H25FN2O3/c1-15-12-13-25(19(26)14-15)20(21(27)16-8-10-17(23)11-9-16)22(28)24(2)18-6-4-3-5-7-18/h8-14,18,20H,3-7H2,1-2H3. The van der Waals surface area contributed by atoms with E-state index in [2.05, 4.69) is 0 Å². The second-order valence-corrected chi connectivity index (χ2v) is 7.46. The van der Waals surface area contributed by atoms with Crippen LogP contribution in [0, 0.1) is 12.7 Å². The van der Waals surface area contributed by atoms with E-state index in [9.17, 15) is 18.8 Å². The number of halogens is 1. The van der Waals surface area contributed by atoms with Gasteiger partial charge in [-0.25, -0.2) is 4.39 Å². The zero-order valence-electron chi connectivity index (χ0n) is 16.2. The number of carbonyl (C=O) groups is 2. The van der Waals surface area contributed by atoms with Crippen LogP contribution in [0.25, 0.3) is 0 Å². The van der Waals surface area contributed by atoms with Crippen molar-refractivity contribution < 1.29 is 14.0 Å². The molecular formula is C22H25FN2O3. The first-order valence-electron chi connectivity index (χ1n) is 9.63. The molecule has 1 aliphatic rings. The Morgan fingerprint density at radius 1 is 1.11 bits per heavy atom. The number of aromatic nitrogens is 1. The van der Waals surface area contributed by atoms with E-state index in [1.807, 2.05) is 0 Å². The predicted octanol–water partition coefficient (Wildman–Crippen LogP) is 3.51. The molecule has 1 atom stereocenters. The Morgan fingerprint density at radius 3 is 2.36 bits per heavy atom. The number of hydrogen-bond donors (Lipinski definition) is 0. The normalized spacial score (nSPS) is 15.8. The molecule has 0 saturated heterocycles. The molecule has 0 spiro atoms. The summed E-state index contributed by atoms with van der Waals surface area (Å²) in [5.41, 5.74) is 0.539. The fraction of sp³-hybridized carbons (Fsp3) is 0.409. The highest BCUT2D eigenvalue weighted by Gasteiger charge is 2.35. The Hall–Kier alpha value is -2.76. The number of aryl methyl sites for hydroxylation is 1. The van der Waals surface area contributed by atoms with Crippen LogP contribution in [0.4, 0.5) is 4.39 Å². The maximum Gasteiger partial charge on any atom is 0.253 e. The summed E-state index contributed by atoms with van der Waals surface area (Å²) >= 11 is 0. The van der Waals surface area contributed by atoms with Gasteiger partial charge in [0.25, 0.3) is 11.5 Å². The summed E-state index contributed by atoms with van der Waals surface area (Å²) in [7, 11) is 1.70. The van der Waals surface area contributed by atoms with Crippen LogP contribution in [0.2, 0.25) is 0 Å². The third-order valence-corrected chi connectivity index (χ3v) is 5.46. The van der Waals surface area contributed by atoms with Crippen LogP contribution in [0.15, 0.2) is 47.4 Å². The van der Waals surface area contributed by atoms with Gasteiger partial charge in [-0.05, 0) is 55.7 Å². The third kappa shape index (κ3) is 4.21. The SMILES string of the molecule is Cc1ccn(C(C(=O)c2ccc(F)cc2)C(=O)N(C)C2CCCCC2)c(=O)c1. The van der Waals surface area contributed by atoms with Crippen LogP contribution in [0.1, 0.15) is 54.1 Å². The molecule has 1 saturated carbocycles. The first-order valence-corrected chi connectivity index (χ1v) is 9.63. The number of amides is 1. The summed E-state index contributed by atoms with van der Waals surface area (Å²) in [5, 5.41) is 0. The minimum Gasteiger partial charge on any atom is -0.341 e. The quantitative estimate of drug-likeness (QED) is 0.585. The van der Waals surface area contributed by atoms with Crippen molar-refractivity contribution in [1.29, 1.82) is 0 Å². The van der Waals surface area contributed by atoms with Crippen LogP contribution in [-0.2, 0) is 4.79 Å². The Kier molecular flexibility index (Phi) is 6.07. The maximum absolute atomic E-state index is 13.3. The molecule has 0 N–H and O–H groups in total. The number of pyridine rings is 1. The van der Waals surface area contributed by atoms with E-state index in [1.165, 1.54) is 41.1 Å². The summed E-state index contributed by atoms with van der Waals surface area (Å²) < 4.78 is 14.5. The minimum absolute atomic E-state index is 0.0610. The molecule has 0 aliphatic heterocycles. The number of ketones is 1. The molecule has 1 fully saturated rings. The highest BCUT2D eigenvalue weighted by molar-refractivity contribution is 6.11. The average molecular weight is 384 g/mol. The molecule has 28 heavy (non-hydrogen) atoms. The van der Waals surface area contributed by atoms with Crippen LogP contribution in [0.3, 0.4) is 0 Å². The number of rotatable bonds is 5. The van der Waals surface area contributed by atoms with E-state index in [4.69, 9.17) is 0 Å². The van der Waals surface area contributed by atoms with Gasteiger partial charge in [-0.3, -0.25) is 19.0 Å². The minimum atomic E-state index is -1.30. The fourth-order valence-corrected chi connectivity index (χ4v) is 3.77. The molecule has 1 heterocycles. The molecule has 3 rings (SSSR count). The number of carbonyl (C=O) groups excluding carboxylic acids is 2. The van der Waals surface area contributed by atoms with E-state index in [0.717, 1.165) is 37.7 Å². The predicted molar refractivity (Wildman–Crippen MR) is 105 cm³/mol. The van der Waals surface area contributed by atoms with Crippen LogP contribution in [0.5, 0.6) is 0 Å². The van der Waals surface area contributed by atoms with Gasteiger partial charge in [0.05, 0.1) is 0 Å². The zero-order valence-corrected chi connectivity index (χ0v) is 16.2. The maximum atomic E-state index is 13.3. The summed E-state index contributed by atoms with van der Waals surface area (Å²) in [6.07, 6.45) is 6.50. The number of benzene rings is 1. The van der Waals surface area contributed by atoms with E-state index < -0.39 is 29.1 Å². The number of likely N-dealkylation sites (N-methyl/N-ethyl adjacent to an activating group) is 1. The molecule has 148 valence electrons. The highest BCUT2D eigenvalue weighted by atomic mass is 19.1. The zero-order chi connectivity index (χ0) is 20.3. The molecule has 1 aliphatic carbocycles. The molecular weight excluding hydrogens is 359 g/mol. The molecule has 0 radical (unpaired) electrons. The smallest absolute Gasteiger partial charge is 0.253 e. The molecule has 5 nitrogen and oxygen atoms in total. The van der Waals surface area contributed by atoms with Crippen molar-refractivity contribution in [3.63, 3.8) is 0 Å². The monoisotopic (exact) mass is 384 g/mol. The van der Waals surface area contributed by atoms with Gasteiger partial charge in [0, 0.05) is 30.9 Å². The summed E-state index contributed by atoms with van der Waals surface area (Å²) in [5.74, 6) is -1.39. The van der Waals surface area contributed by atoms with Gasteiger partial charge in [0.2, 0.25) is 0 Å². The van der Waals surface area contributed by atoms with E-state index in [-0.39, 0.29) is 11.6 Å². The first-order chi connectivity index (χ1) is 13.4. The van der Waals surface area contributed by atoms with E-state index in [0.29, 0.717) is 0 Å². The Balaban J connectivity index is 2.00. The molecule has 2 aromatic rings. The fourth-order valence-electron chi connectivity index (χ4n) is 3.77. The van der Waals surface area contributed by atoms with Gasteiger partial charge in [-0.15, -0.1) is 0 Å². The molecule has 1 amide bonds. The Labute approximate surface area is 163 Å². The van der Waals surface area contributed by atoms with E-state index in [1.54, 1.807) is 24.9 Å². The summed E-state index contributed by atoms with van der Waals surface area (Å²) in [6.45, 7) is 1.78. The highest BCUT2D eigenvalue weighted by Crippen LogP contribution is 2.25. The average Bonchev–Trinajstić information content (AvgIpc) is 2.70. The van der Waals surface area contributed by atoms with Crippen molar-refractivity contribution in [2.45, 2.75) is 51.1 Å². The van der Waals surface area contributed by atoms with Crippen molar-refractivity contribution in [3.8, 4) is 0 Å². The van der Waals surface area contributed by atoms with Crippen molar-refractivity contribution >= 4 is 11.7 Å². The van der Waals surface area contributed by atoms with Gasteiger partial charge in [0.1, 0.15) is 5.82 Å². The molecule has 1 aromatic carbocycles. The van der Waals surface area contributed by atoms with Gasteiger partial charge < -0.3 is 4.90 Å².